The van der Waals surface area contributed by atoms with Crippen LogP contribution in [-0.2, 0) is 9.53 Å². The van der Waals surface area contributed by atoms with Gasteiger partial charge in [-0.15, -0.1) is 0 Å². The second-order valence-corrected chi connectivity index (χ2v) is 4.10. The van der Waals surface area contributed by atoms with E-state index in [0.717, 1.165) is 12.0 Å². The van der Waals surface area contributed by atoms with Crippen LogP contribution in [0.1, 0.15) is 26.7 Å². The SMILES string of the molecule is C=C(C/C=C/C(=C/C=C\CC)CN)OC(=O)C(=C)C. The smallest absolute Gasteiger partial charge is 0.338 e. The van der Waals surface area contributed by atoms with Gasteiger partial charge in [-0.05, 0) is 18.9 Å². The molecule has 0 heterocycles. The number of carbonyl (C=O) groups is 1. The second-order valence-electron chi connectivity index (χ2n) is 4.10. The van der Waals surface area contributed by atoms with E-state index in [2.05, 4.69) is 26.2 Å². The summed E-state index contributed by atoms with van der Waals surface area (Å²) < 4.78 is 4.98. The molecule has 0 aromatic carbocycles. The maximum Gasteiger partial charge on any atom is 0.338 e. The van der Waals surface area contributed by atoms with E-state index >= 15 is 0 Å². The van der Waals surface area contributed by atoms with Crippen molar-refractivity contribution < 1.29 is 9.53 Å². The summed E-state index contributed by atoms with van der Waals surface area (Å²) in [5.74, 6) is -0.0522. The molecule has 0 saturated heterocycles. The van der Waals surface area contributed by atoms with E-state index in [1.165, 1.54) is 0 Å². The maximum absolute atomic E-state index is 11.2. The minimum absolute atomic E-state index is 0.359. The molecule has 0 aromatic heterocycles. The summed E-state index contributed by atoms with van der Waals surface area (Å²) in [6.45, 7) is 11.3. The Labute approximate surface area is 115 Å². The summed E-state index contributed by atoms with van der Waals surface area (Å²) in [6, 6.07) is 0. The van der Waals surface area contributed by atoms with Crippen LogP contribution in [0.25, 0.3) is 0 Å². The number of nitrogens with two attached hydrogens (primary N) is 1. The molecule has 0 unspecified atom stereocenters. The van der Waals surface area contributed by atoms with Crippen LogP contribution in [0.2, 0.25) is 0 Å². The highest BCUT2D eigenvalue weighted by Gasteiger charge is 2.04. The summed E-state index contributed by atoms with van der Waals surface area (Å²) in [5, 5.41) is 0. The molecule has 19 heavy (non-hydrogen) atoms. The quantitative estimate of drug-likeness (QED) is 0.315. The predicted molar refractivity (Wildman–Crippen MR) is 80.4 cm³/mol. The van der Waals surface area contributed by atoms with E-state index < -0.39 is 5.97 Å². The molecule has 3 nitrogen and oxygen atoms in total. The third-order valence-corrected chi connectivity index (χ3v) is 2.18. The van der Waals surface area contributed by atoms with Gasteiger partial charge in [0, 0.05) is 18.5 Å². The van der Waals surface area contributed by atoms with Crippen LogP contribution in [-0.4, -0.2) is 12.5 Å². The van der Waals surface area contributed by atoms with Crippen molar-refractivity contribution in [3.63, 3.8) is 0 Å². The van der Waals surface area contributed by atoms with Crippen LogP contribution in [0, 0.1) is 0 Å². The Morgan fingerprint density at radius 3 is 2.53 bits per heavy atom. The van der Waals surface area contributed by atoms with Crippen molar-refractivity contribution in [2.75, 3.05) is 6.54 Å². The number of hydrogen-bond acceptors (Lipinski definition) is 3. The minimum atomic E-state index is -0.445. The average Bonchev–Trinajstić information content (AvgIpc) is 2.36. The zero-order valence-electron chi connectivity index (χ0n) is 11.8. The summed E-state index contributed by atoms with van der Waals surface area (Å²) in [5.41, 5.74) is 6.98. The van der Waals surface area contributed by atoms with Gasteiger partial charge in [-0.2, -0.15) is 0 Å². The van der Waals surface area contributed by atoms with Crippen molar-refractivity contribution in [1.29, 1.82) is 0 Å². The lowest BCUT2D eigenvalue weighted by molar-refractivity contribution is -0.134. The Kier molecular flexibility index (Phi) is 9.10. The lowest BCUT2D eigenvalue weighted by Gasteiger charge is -2.04. The van der Waals surface area contributed by atoms with Crippen molar-refractivity contribution in [3.05, 3.63) is 60.4 Å². The highest BCUT2D eigenvalue weighted by atomic mass is 16.5. The number of hydrogen-bond donors (Lipinski definition) is 1. The third kappa shape index (κ3) is 8.80. The van der Waals surface area contributed by atoms with E-state index in [4.69, 9.17) is 10.5 Å². The van der Waals surface area contributed by atoms with Gasteiger partial charge in [0.1, 0.15) is 5.76 Å². The molecule has 0 spiro atoms. The fourth-order valence-corrected chi connectivity index (χ4v) is 1.12. The first-order valence-corrected chi connectivity index (χ1v) is 6.29. The van der Waals surface area contributed by atoms with Crippen molar-refractivity contribution in [1.82, 2.24) is 0 Å². The van der Waals surface area contributed by atoms with Gasteiger partial charge in [0.15, 0.2) is 0 Å². The Balaban J connectivity index is 4.29. The molecule has 0 aliphatic heterocycles. The molecule has 2 N–H and O–H groups in total. The molecule has 0 saturated carbocycles. The van der Waals surface area contributed by atoms with Crippen molar-refractivity contribution in [3.8, 4) is 0 Å². The van der Waals surface area contributed by atoms with Gasteiger partial charge in [0.05, 0.1) is 0 Å². The number of carbonyl (C=O) groups excluding carboxylic acids is 1. The summed E-state index contributed by atoms with van der Waals surface area (Å²) in [4.78, 5) is 11.2. The normalized spacial score (nSPS) is 12.1. The Hall–Kier alpha value is -1.87. The van der Waals surface area contributed by atoms with Crippen LogP contribution in [0.3, 0.4) is 0 Å². The first-order chi connectivity index (χ1) is 9.01. The topological polar surface area (TPSA) is 52.3 Å². The molecule has 0 aliphatic rings. The van der Waals surface area contributed by atoms with Crippen LogP contribution in [0.15, 0.2) is 60.4 Å². The van der Waals surface area contributed by atoms with Gasteiger partial charge in [0.25, 0.3) is 0 Å². The zero-order chi connectivity index (χ0) is 14.7. The van der Waals surface area contributed by atoms with E-state index in [9.17, 15) is 4.79 Å². The molecule has 0 fully saturated rings. The van der Waals surface area contributed by atoms with Crippen LogP contribution < -0.4 is 5.73 Å². The zero-order valence-corrected chi connectivity index (χ0v) is 11.8. The van der Waals surface area contributed by atoms with Crippen molar-refractivity contribution in [2.45, 2.75) is 26.7 Å². The van der Waals surface area contributed by atoms with Gasteiger partial charge in [-0.25, -0.2) is 4.79 Å². The molecule has 0 radical (unpaired) electrons. The Bertz CT molecular complexity index is 414. The molecule has 0 aromatic rings. The first-order valence-electron chi connectivity index (χ1n) is 6.29. The lowest BCUT2D eigenvalue weighted by atomic mass is 10.2. The highest BCUT2D eigenvalue weighted by molar-refractivity contribution is 5.87. The highest BCUT2D eigenvalue weighted by Crippen LogP contribution is 2.07. The molecule has 0 bridgehead atoms. The first kappa shape index (κ1) is 17.1. The van der Waals surface area contributed by atoms with Gasteiger partial charge in [-0.1, -0.05) is 50.5 Å². The summed E-state index contributed by atoms with van der Waals surface area (Å²) in [7, 11) is 0. The maximum atomic E-state index is 11.2. The Morgan fingerprint density at radius 1 is 1.32 bits per heavy atom. The van der Waals surface area contributed by atoms with Gasteiger partial charge < -0.3 is 10.5 Å². The largest absolute Gasteiger partial charge is 0.428 e. The molecule has 3 heteroatoms. The average molecular weight is 261 g/mol. The third-order valence-electron chi connectivity index (χ3n) is 2.18. The summed E-state index contributed by atoms with van der Waals surface area (Å²) in [6.07, 6.45) is 11.2. The van der Waals surface area contributed by atoms with E-state index in [1.54, 1.807) is 6.92 Å². The number of rotatable bonds is 8. The molecular formula is C16H23NO2. The lowest BCUT2D eigenvalue weighted by Crippen LogP contribution is -2.04. The molecule has 0 atom stereocenters. The fourth-order valence-electron chi connectivity index (χ4n) is 1.12. The second kappa shape index (κ2) is 10.1. The van der Waals surface area contributed by atoms with E-state index in [0.29, 0.717) is 24.3 Å². The predicted octanol–water partition coefficient (Wildman–Crippen LogP) is 3.42. The van der Waals surface area contributed by atoms with E-state index in [-0.39, 0.29) is 0 Å². The molecule has 0 amide bonds. The van der Waals surface area contributed by atoms with Crippen LogP contribution in [0.4, 0.5) is 0 Å². The molecular weight excluding hydrogens is 238 g/mol. The van der Waals surface area contributed by atoms with Crippen molar-refractivity contribution >= 4 is 5.97 Å². The minimum Gasteiger partial charge on any atom is -0.428 e. The van der Waals surface area contributed by atoms with Gasteiger partial charge in [0.2, 0.25) is 0 Å². The van der Waals surface area contributed by atoms with E-state index in [1.807, 2.05) is 24.3 Å². The molecule has 0 aliphatic carbocycles. The van der Waals surface area contributed by atoms with Crippen LogP contribution >= 0.6 is 0 Å². The number of esters is 1. The standard InChI is InChI=1S/C16H23NO2/c1-5-6-7-10-15(12-17)11-8-9-14(4)19-16(18)13(2)3/h6-8,10-11H,2,4-5,9,12,17H2,1,3H3/b7-6-,11-8+,15-10-. The molecule has 0 rings (SSSR count). The monoisotopic (exact) mass is 261 g/mol. The van der Waals surface area contributed by atoms with Crippen LogP contribution in [0.5, 0.6) is 0 Å². The Morgan fingerprint density at radius 2 is 2.00 bits per heavy atom. The van der Waals surface area contributed by atoms with Crippen molar-refractivity contribution in [2.24, 2.45) is 5.73 Å². The fraction of sp³-hybridized carbons (Fsp3) is 0.312. The summed E-state index contributed by atoms with van der Waals surface area (Å²) >= 11 is 0. The number of ether oxygens (including phenoxy) is 1. The van der Waals surface area contributed by atoms with Gasteiger partial charge in [-0.3, -0.25) is 0 Å². The van der Waals surface area contributed by atoms with Gasteiger partial charge >= 0.3 is 5.97 Å². The number of allylic oxidation sites excluding steroid dienone is 4. The molecule has 104 valence electrons.